The number of carboxylic acid groups (broad SMARTS) is 1. The van der Waals surface area contributed by atoms with Gasteiger partial charge in [0.2, 0.25) is 18.4 Å². The molecule has 2 aliphatic rings. The van der Waals surface area contributed by atoms with E-state index in [0.717, 1.165) is 48.2 Å². The lowest BCUT2D eigenvalue weighted by Crippen LogP contribution is -2.44. The monoisotopic (exact) mass is 603 g/mol. The number of pyridine rings is 1. The van der Waals surface area contributed by atoms with Gasteiger partial charge in [0.05, 0.1) is 38.6 Å². The summed E-state index contributed by atoms with van der Waals surface area (Å²) in [5.74, 6) is 0.277. The van der Waals surface area contributed by atoms with Crippen molar-refractivity contribution in [1.82, 2.24) is 9.88 Å². The number of hydrogen-bond acceptors (Lipinski definition) is 8. The number of aryl methyl sites for hydroxylation is 1. The topological polar surface area (TPSA) is 111 Å². The number of rotatable bonds is 14. The molecule has 0 saturated carbocycles. The Balaban J connectivity index is 1.45. The summed E-state index contributed by atoms with van der Waals surface area (Å²) in [6, 6.07) is 14.9. The minimum Gasteiger partial charge on any atom is -0.496 e. The zero-order valence-corrected chi connectivity index (χ0v) is 25.6. The number of benzene rings is 2. The smallest absolute Gasteiger partial charge is 0.308 e. The van der Waals surface area contributed by atoms with Crippen LogP contribution in [-0.4, -0.2) is 73.6 Å². The van der Waals surface area contributed by atoms with Gasteiger partial charge in [-0.3, -0.25) is 19.5 Å². The largest absolute Gasteiger partial charge is 0.496 e. The van der Waals surface area contributed by atoms with Crippen molar-refractivity contribution in [2.24, 2.45) is 5.92 Å². The normalized spacial score (nSPS) is 19.1. The number of carbonyl (C=O) groups is 2. The fourth-order valence-corrected chi connectivity index (χ4v) is 6.45. The molecule has 5 rings (SSSR count). The Kier molecular flexibility index (Phi) is 10.2. The number of amides is 1. The van der Waals surface area contributed by atoms with Crippen LogP contribution in [0.3, 0.4) is 0 Å². The third-order valence-electron chi connectivity index (χ3n) is 8.61. The van der Waals surface area contributed by atoms with Crippen LogP contribution in [0.25, 0.3) is 0 Å². The van der Waals surface area contributed by atoms with Gasteiger partial charge in [0.25, 0.3) is 0 Å². The number of ether oxygens (including phenoxy) is 4. The number of nitrogens with zero attached hydrogens (tertiary/aromatic N) is 3. The van der Waals surface area contributed by atoms with Crippen LogP contribution < -0.4 is 23.8 Å². The summed E-state index contributed by atoms with van der Waals surface area (Å²) in [5, 5.41) is 10.7. The lowest BCUT2D eigenvalue weighted by molar-refractivity contribution is -0.143. The van der Waals surface area contributed by atoms with Gasteiger partial charge in [-0.25, -0.2) is 0 Å². The number of para-hydroxylation sites is 1. The molecule has 3 unspecified atom stereocenters. The van der Waals surface area contributed by atoms with Gasteiger partial charge in [-0.2, -0.15) is 0 Å². The highest BCUT2D eigenvalue weighted by molar-refractivity contribution is 5.94. The first-order valence-corrected chi connectivity index (χ1v) is 15.2. The zero-order chi connectivity index (χ0) is 31.1. The summed E-state index contributed by atoms with van der Waals surface area (Å²) in [7, 11) is 3.21. The molecule has 0 bridgehead atoms. The Labute approximate surface area is 258 Å². The number of unbranched alkanes of at least 4 members (excludes halogenated alkanes) is 1. The van der Waals surface area contributed by atoms with Gasteiger partial charge < -0.3 is 29.0 Å². The third-order valence-corrected chi connectivity index (χ3v) is 8.61. The van der Waals surface area contributed by atoms with Gasteiger partial charge in [0, 0.05) is 31.2 Å². The summed E-state index contributed by atoms with van der Waals surface area (Å²) >= 11 is 0. The van der Waals surface area contributed by atoms with Crippen molar-refractivity contribution in [1.29, 1.82) is 0 Å². The van der Waals surface area contributed by atoms with E-state index in [2.05, 4.69) is 16.8 Å². The minimum absolute atomic E-state index is 0.0748. The fraction of sp³-hybridized carbons (Fsp3) is 0.441. The molecule has 1 amide bonds. The summed E-state index contributed by atoms with van der Waals surface area (Å²) in [5.41, 5.74) is 2.60. The predicted molar refractivity (Wildman–Crippen MR) is 166 cm³/mol. The van der Waals surface area contributed by atoms with Crippen LogP contribution in [0.5, 0.6) is 23.0 Å². The van der Waals surface area contributed by atoms with E-state index in [1.807, 2.05) is 48.5 Å². The highest BCUT2D eigenvalue weighted by atomic mass is 16.7. The van der Waals surface area contributed by atoms with Crippen molar-refractivity contribution in [3.8, 4) is 23.0 Å². The van der Waals surface area contributed by atoms with Crippen LogP contribution in [0.4, 0.5) is 5.69 Å². The van der Waals surface area contributed by atoms with Crippen LogP contribution in [-0.2, 0) is 16.0 Å². The molecule has 1 aromatic heterocycles. The molecule has 2 aromatic carbocycles. The molecule has 3 atom stereocenters. The highest BCUT2D eigenvalue weighted by Gasteiger charge is 2.47. The van der Waals surface area contributed by atoms with E-state index in [1.54, 1.807) is 31.5 Å². The van der Waals surface area contributed by atoms with Crippen molar-refractivity contribution >= 4 is 17.6 Å². The Bertz CT molecular complexity index is 1430. The van der Waals surface area contributed by atoms with Gasteiger partial charge in [-0.05, 0) is 67.1 Å². The second-order valence-electron chi connectivity index (χ2n) is 11.2. The number of aliphatic carboxylic acids is 1. The van der Waals surface area contributed by atoms with Crippen molar-refractivity contribution < 1.29 is 33.6 Å². The second kappa shape index (κ2) is 14.4. The summed E-state index contributed by atoms with van der Waals surface area (Å²) in [6.07, 6.45) is 7.24. The molecule has 2 aliphatic heterocycles. The van der Waals surface area contributed by atoms with Crippen molar-refractivity contribution in [2.75, 3.05) is 45.5 Å². The van der Waals surface area contributed by atoms with Crippen molar-refractivity contribution in [2.45, 2.75) is 51.0 Å². The van der Waals surface area contributed by atoms with E-state index in [9.17, 15) is 14.7 Å². The van der Waals surface area contributed by atoms with E-state index < -0.39 is 11.9 Å². The van der Waals surface area contributed by atoms with E-state index >= 15 is 0 Å². The van der Waals surface area contributed by atoms with Crippen LogP contribution in [0, 0.1) is 5.92 Å². The Morgan fingerprint density at radius 1 is 1.07 bits per heavy atom. The fourth-order valence-electron chi connectivity index (χ4n) is 6.45. The maximum absolute atomic E-state index is 13.9. The molecular formula is C34H41N3O7. The van der Waals surface area contributed by atoms with Gasteiger partial charge in [0.1, 0.15) is 5.75 Å². The van der Waals surface area contributed by atoms with E-state index in [1.165, 1.54) is 0 Å². The Morgan fingerprint density at radius 3 is 2.61 bits per heavy atom. The number of carboxylic acids is 1. The van der Waals surface area contributed by atoms with Gasteiger partial charge in [0.15, 0.2) is 11.5 Å². The molecule has 234 valence electrons. The molecule has 0 spiro atoms. The molecule has 1 saturated heterocycles. The number of carbonyl (C=O) groups excluding carboxylic acids is 1. The lowest BCUT2D eigenvalue weighted by atomic mass is 9.83. The molecule has 10 heteroatoms. The molecule has 3 aromatic rings. The van der Waals surface area contributed by atoms with Crippen molar-refractivity contribution in [3.05, 3.63) is 72.1 Å². The molecule has 0 radical (unpaired) electrons. The summed E-state index contributed by atoms with van der Waals surface area (Å²) < 4.78 is 22.4. The van der Waals surface area contributed by atoms with E-state index in [0.29, 0.717) is 36.8 Å². The SMILES string of the molecule is CCCCN(C(=O)CN1CC(c2cc(OC)c3c(c2)OCO3)C(C(=O)O)C1CCCc1ccccc1OC)c1cccnc1. The maximum atomic E-state index is 13.9. The lowest BCUT2D eigenvalue weighted by Gasteiger charge is -2.29. The number of anilines is 1. The zero-order valence-electron chi connectivity index (χ0n) is 25.6. The first-order chi connectivity index (χ1) is 21.4. The highest BCUT2D eigenvalue weighted by Crippen LogP contribution is 2.47. The molecule has 3 heterocycles. The summed E-state index contributed by atoms with van der Waals surface area (Å²) in [6.45, 7) is 3.24. The predicted octanol–water partition coefficient (Wildman–Crippen LogP) is 5.15. The number of likely N-dealkylation sites (tertiary alicyclic amines) is 1. The first-order valence-electron chi connectivity index (χ1n) is 15.2. The number of fused-ring (bicyclic) bond motifs is 1. The summed E-state index contributed by atoms with van der Waals surface area (Å²) in [4.78, 5) is 35.0. The second-order valence-corrected chi connectivity index (χ2v) is 11.2. The molecule has 0 aliphatic carbocycles. The van der Waals surface area contributed by atoms with Gasteiger partial charge >= 0.3 is 5.97 Å². The average molecular weight is 604 g/mol. The van der Waals surface area contributed by atoms with E-state index in [4.69, 9.17) is 18.9 Å². The molecule has 44 heavy (non-hydrogen) atoms. The first kappa shape index (κ1) is 31.1. The molecular weight excluding hydrogens is 562 g/mol. The number of aromatic nitrogens is 1. The van der Waals surface area contributed by atoms with Crippen LogP contribution in [0.15, 0.2) is 60.9 Å². The molecule has 1 N–H and O–H groups in total. The molecule has 1 fully saturated rings. The Hall–Kier alpha value is -4.31. The van der Waals surface area contributed by atoms with Gasteiger partial charge in [-0.15, -0.1) is 0 Å². The Morgan fingerprint density at radius 2 is 1.89 bits per heavy atom. The standard InChI is InChI=1S/C34H41N3O7/c1-4-5-16-37(25-12-9-15-35-19-25)31(38)21-36-20-26(24-17-29(42-3)33-30(18-24)43-22-44-33)32(34(39)40)27(36)13-8-11-23-10-6-7-14-28(23)41-2/h6-7,9-10,12,14-15,17-19,26-27,32H,4-5,8,11,13,16,20-22H2,1-3H3,(H,39,40). The van der Waals surface area contributed by atoms with Crippen LogP contribution >= 0.6 is 0 Å². The minimum atomic E-state index is -0.890. The quantitative estimate of drug-likeness (QED) is 0.267. The van der Waals surface area contributed by atoms with E-state index in [-0.39, 0.29) is 31.2 Å². The van der Waals surface area contributed by atoms with Crippen LogP contribution in [0.2, 0.25) is 0 Å². The van der Waals surface area contributed by atoms with Gasteiger partial charge in [-0.1, -0.05) is 31.5 Å². The average Bonchev–Trinajstić information content (AvgIpc) is 3.66. The van der Waals surface area contributed by atoms with Crippen molar-refractivity contribution in [3.63, 3.8) is 0 Å². The maximum Gasteiger partial charge on any atom is 0.308 e. The number of methoxy groups -OCH3 is 2. The van der Waals surface area contributed by atoms with Crippen LogP contribution in [0.1, 0.15) is 49.7 Å². The third kappa shape index (κ3) is 6.75. The molecule has 10 nitrogen and oxygen atoms in total. The number of hydrogen-bond donors (Lipinski definition) is 1.